The summed E-state index contributed by atoms with van der Waals surface area (Å²) in [6.07, 6.45) is 2.65. The molecule has 1 heterocycles. The molecule has 2 N–H and O–H groups in total. The van der Waals surface area contributed by atoms with Crippen molar-refractivity contribution >= 4 is 11.6 Å². The number of aryl methyl sites for hydroxylation is 1. The van der Waals surface area contributed by atoms with E-state index in [0.717, 1.165) is 5.56 Å². The van der Waals surface area contributed by atoms with Crippen molar-refractivity contribution in [3.8, 4) is 11.5 Å². The van der Waals surface area contributed by atoms with Crippen LogP contribution in [-0.2, 0) is 0 Å². The molecule has 2 aromatic rings. The SMILES string of the molecule is COc1ccc(C)cc1NC(=O)c1cncc(O)c1. The Labute approximate surface area is 110 Å². The molecule has 2 rings (SSSR count). The van der Waals surface area contributed by atoms with Crippen LogP contribution in [0.15, 0.2) is 36.7 Å². The van der Waals surface area contributed by atoms with Gasteiger partial charge in [-0.15, -0.1) is 0 Å². The Balaban J connectivity index is 2.26. The van der Waals surface area contributed by atoms with E-state index in [-0.39, 0.29) is 17.2 Å². The Hall–Kier alpha value is -2.56. The molecule has 19 heavy (non-hydrogen) atoms. The summed E-state index contributed by atoms with van der Waals surface area (Å²) in [7, 11) is 1.54. The summed E-state index contributed by atoms with van der Waals surface area (Å²) in [4.78, 5) is 15.8. The number of nitrogens with zero attached hydrogens (tertiary/aromatic N) is 1. The molecular formula is C14H14N2O3. The number of carbonyl (C=O) groups excluding carboxylic acids is 1. The van der Waals surface area contributed by atoms with E-state index in [0.29, 0.717) is 11.4 Å². The summed E-state index contributed by atoms with van der Waals surface area (Å²) in [6.45, 7) is 1.92. The Kier molecular flexibility index (Phi) is 3.66. The second-order valence-electron chi connectivity index (χ2n) is 4.09. The normalized spacial score (nSPS) is 10.0. The zero-order chi connectivity index (χ0) is 13.8. The van der Waals surface area contributed by atoms with Gasteiger partial charge in [0.05, 0.1) is 24.6 Å². The van der Waals surface area contributed by atoms with E-state index in [1.54, 1.807) is 6.07 Å². The number of benzene rings is 1. The lowest BCUT2D eigenvalue weighted by molar-refractivity contribution is 0.102. The number of anilines is 1. The standard InChI is InChI=1S/C14H14N2O3/c1-9-3-4-13(19-2)12(5-9)16-14(18)10-6-11(17)8-15-7-10/h3-8,17H,1-2H3,(H,16,18). The van der Waals surface area contributed by atoms with E-state index in [1.807, 2.05) is 19.1 Å². The van der Waals surface area contributed by atoms with Gasteiger partial charge in [0.1, 0.15) is 11.5 Å². The second-order valence-corrected chi connectivity index (χ2v) is 4.09. The predicted octanol–water partition coefficient (Wildman–Crippen LogP) is 2.36. The van der Waals surface area contributed by atoms with Crippen LogP contribution < -0.4 is 10.1 Å². The molecule has 0 atom stereocenters. The van der Waals surface area contributed by atoms with Gasteiger partial charge in [0, 0.05) is 6.20 Å². The summed E-state index contributed by atoms with van der Waals surface area (Å²) >= 11 is 0. The fourth-order valence-electron chi connectivity index (χ4n) is 1.67. The smallest absolute Gasteiger partial charge is 0.257 e. The highest BCUT2D eigenvalue weighted by Gasteiger charge is 2.10. The van der Waals surface area contributed by atoms with Crippen molar-refractivity contribution < 1.29 is 14.6 Å². The topological polar surface area (TPSA) is 71.5 Å². The molecule has 1 aromatic carbocycles. The van der Waals surface area contributed by atoms with Crippen molar-refractivity contribution in [2.75, 3.05) is 12.4 Å². The summed E-state index contributed by atoms with van der Waals surface area (Å²) < 4.78 is 5.18. The molecule has 5 heteroatoms. The van der Waals surface area contributed by atoms with Crippen LogP contribution in [0.5, 0.6) is 11.5 Å². The minimum absolute atomic E-state index is 0.0520. The fraction of sp³-hybridized carbons (Fsp3) is 0.143. The molecule has 0 fully saturated rings. The number of nitrogens with one attached hydrogen (secondary N) is 1. The zero-order valence-electron chi connectivity index (χ0n) is 10.7. The molecule has 0 radical (unpaired) electrons. The quantitative estimate of drug-likeness (QED) is 0.886. The van der Waals surface area contributed by atoms with Gasteiger partial charge in [0.15, 0.2) is 0 Å². The number of ether oxygens (including phenoxy) is 1. The molecule has 0 unspecified atom stereocenters. The number of hydrogen-bond acceptors (Lipinski definition) is 4. The predicted molar refractivity (Wildman–Crippen MR) is 71.6 cm³/mol. The molecule has 0 spiro atoms. The van der Waals surface area contributed by atoms with Crippen LogP contribution >= 0.6 is 0 Å². The Morgan fingerprint density at radius 3 is 2.79 bits per heavy atom. The highest BCUT2D eigenvalue weighted by Crippen LogP contribution is 2.25. The van der Waals surface area contributed by atoms with Crippen molar-refractivity contribution in [1.29, 1.82) is 0 Å². The van der Waals surface area contributed by atoms with Gasteiger partial charge in [-0.2, -0.15) is 0 Å². The molecule has 0 aliphatic carbocycles. The number of rotatable bonds is 3. The number of amides is 1. The Bertz CT molecular complexity index is 611. The van der Waals surface area contributed by atoms with Gasteiger partial charge in [-0.05, 0) is 30.7 Å². The van der Waals surface area contributed by atoms with Gasteiger partial charge < -0.3 is 15.2 Å². The van der Waals surface area contributed by atoms with E-state index in [2.05, 4.69) is 10.3 Å². The first-order valence-electron chi connectivity index (χ1n) is 5.70. The number of aromatic hydroxyl groups is 1. The summed E-state index contributed by atoms with van der Waals surface area (Å²) in [5, 5.41) is 12.0. The first-order chi connectivity index (χ1) is 9.10. The summed E-state index contributed by atoms with van der Waals surface area (Å²) in [6, 6.07) is 6.84. The molecule has 0 aliphatic heterocycles. The van der Waals surface area contributed by atoms with Crippen molar-refractivity contribution in [2.24, 2.45) is 0 Å². The summed E-state index contributed by atoms with van der Waals surface area (Å²) in [5.41, 5.74) is 1.87. The molecular weight excluding hydrogens is 244 g/mol. The van der Waals surface area contributed by atoms with Crippen LogP contribution in [0.3, 0.4) is 0 Å². The first kappa shape index (κ1) is 12.9. The molecule has 1 amide bonds. The molecule has 0 bridgehead atoms. The van der Waals surface area contributed by atoms with Crippen molar-refractivity contribution in [3.05, 3.63) is 47.8 Å². The van der Waals surface area contributed by atoms with Crippen LogP contribution in [-0.4, -0.2) is 23.1 Å². The minimum Gasteiger partial charge on any atom is -0.506 e. The number of carbonyl (C=O) groups is 1. The van der Waals surface area contributed by atoms with Crippen LogP contribution in [0.2, 0.25) is 0 Å². The summed E-state index contributed by atoms with van der Waals surface area (Å²) in [5.74, 6) is 0.170. The average Bonchev–Trinajstić information content (AvgIpc) is 2.39. The largest absolute Gasteiger partial charge is 0.506 e. The minimum atomic E-state index is -0.354. The van der Waals surface area contributed by atoms with E-state index in [1.165, 1.54) is 25.6 Å². The van der Waals surface area contributed by atoms with Gasteiger partial charge in [0.2, 0.25) is 0 Å². The maximum atomic E-state index is 12.0. The van der Waals surface area contributed by atoms with Crippen LogP contribution in [0.4, 0.5) is 5.69 Å². The molecule has 0 aliphatic rings. The maximum absolute atomic E-state index is 12.0. The van der Waals surface area contributed by atoms with Crippen LogP contribution in [0, 0.1) is 6.92 Å². The van der Waals surface area contributed by atoms with Crippen LogP contribution in [0.25, 0.3) is 0 Å². The number of pyridine rings is 1. The second kappa shape index (κ2) is 5.39. The van der Waals surface area contributed by atoms with Crippen molar-refractivity contribution in [2.45, 2.75) is 6.92 Å². The molecule has 98 valence electrons. The van der Waals surface area contributed by atoms with Gasteiger partial charge in [-0.3, -0.25) is 9.78 Å². The lowest BCUT2D eigenvalue weighted by Crippen LogP contribution is -2.13. The Morgan fingerprint density at radius 1 is 1.32 bits per heavy atom. The van der Waals surface area contributed by atoms with Crippen LogP contribution in [0.1, 0.15) is 15.9 Å². The zero-order valence-corrected chi connectivity index (χ0v) is 10.7. The third kappa shape index (κ3) is 3.01. The first-order valence-corrected chi connectivity index (χ1v) is 5.70. The van der Waals surface area contributed by atoms with E-state index >= 15 is 0 Å². The molecule has 0 saturated carbocycles. The van der Waals surface area contributed by atoms with Crippen molar-refractivity contribution in [1.82, 2.24) is 4.98 Å². The van der Waals surface area contributed by atoms with Gasteiger partial charge in [0.25, 0.3) is 5.91 Å². The van der Waals surface area contributed by atoms with E-state index in [4.69, 9.17) is 4.74 Å². The number of hydrogen-bond donors (Lipinski definition) is 2. The van der Waals surface area contributed by atoms with Gasteiger partial charge in [-0.1, -0.05) is 6.07 Å². The lowest BCUT2D eigenvalue weighted by atomic mass is 10.2. The third-order valence-corrected chi connectivity index (χ3v) is 2.59. The lowest BCUT2D eigenvalue weighted by Gasteiger charge is -2.11. The average molecular weight is 258 g/mol. The number of aromatic nitrogens is 1. The highest BCUT2D eigenvalue weighted by molar-refractivity contribution is 6.05. The number of methoxy groups -OCH3 is 1. The van der Waals surface area contributed by atoms with Crippen molar-refractivity contribution in [3.63, 3.8) is 0 Å². The molecule has 5 nitrogen and oxygen atoms in total. The van der Waals surface area contributed by atoms with Gasteiger partial charge >= 0.3 is 0 Å². The Morgan fingerprint density at radius 2 is 2.11 bits per heavy atom. The third-order valence-electron chi connectivity index (χ3n) is 2.59. The molecule has 0 saturated heterocycles. The fourth-order valence-corrected chi connectivity index (χ4v) is 1.67. The highest BCUT2D eigenvalue weighted by atomic mass is 16.5. The molecule has 1 aromatic heterocycles. The monoisotopic (exact) mass is 258 g/mol. The van der Waals surface area contributed by atoms with Gasteiger partial charge in [-0.25, -0.2) is 0 Å². The van der Waals surface area contributed by atoms with E-state index in [9.17, 15) is 9.90 Å². The maximum Gasteiger partial charge on any atom is 0.257 e. The van der Waals surface area contributed by atoms with E-state index < -0.39 is 0 Å².